The Balaban J connectivity index is 2.91. The molecule has 0 amide bonds. The third-order valence-corrected chi connectivity index (χ3v) is 2.18. The van der Waals surface area contributed by atoms with E-state index in [4.69, 9.17) is 0 Å². The molecule has 0 saturated carbocycles. The van der Waals surface area contributed by atoms with Crippen LogP contribution in [0.1, 0.15) is 58.3 Å². The maximum atomic E-state index is 3.72. The summed E-state index contributed by atoms with van der Waals surface area (Å²) in [5.41, 5.74) is 0. The largest absolute Gasteiger partial charge is 0.103 e. The standard InChI is InChI=1S/C13H24/c1-3-5-7-9-11-13-12-10-8-6-4-2/h3,6,8H,1,4-5,7,9-13H2,2H3/b8-6+. The summed E-state index contributed by atoms with van der Waals surface area (Å²) in [5, 5.41) is 0. The molecule has 0 aliphatic heterocycles. The van der Waals surface area contributed by atoms with E-state index >= 15 is 0 Å². The van der Waals surface area contributed by atoms with Crippen molar-refractivity contribution in [2.24, 2.45) is 0 Å². The normalized spacial score (nSPS) is 10.8. The van der Waals surface area contributed by atoms with E-state index in [-0.39, 0.29) is 0 Å². The van der Waals surface area contributed by atoms with Crippen LogP contribution in [0, 0.1) is 0 Å². The van der Waals surface area contributed by atoms with Crippen LogP contribution in [0.15, 0.2) is 24.8 Å². The van der Waals surface area contributed by atoms with Crippen LogP contribution in [-0.2, 0) is 0 Å². The predicted molar refractivity (Wildman–Crippen MR) is 61.9 cm³/mol. The lowest BCUT2D eigenvalue weighted by atomic mass is 10.1. The Labute approximate surface area is 83.7 Å². The Hall–Kier alpha value is -0.520. The summed E-state index contributed by atoms with van der Waals surface area (Å²) < 4.78 is 0. The molecule has 0 saturated heterocycles. The number of rotatable bonds is 9. The van der Waals surface area contributed by atoms with Gasteiger partial charge >= 0.3 is 0 Å². The van der Waals surface area contributed by atoms with E-state index in [0.29, 0.717) is 0 Å². The zero-order valence-corrected chi connectivity index (χ0v) is 9.10. The summed E-state index contributed by atoms with van der Waals surface area (Å²) in [6.07, 6.45) is 17.1. The molecule has 0 aliphatic rings. The summed E-state index contributed by atoms with van der Waals surface area (Å²) in [7, 11) is 0. The first kappa shape index (κ1) is 12.5. The average Bonchev–Trinajstić information content (AvgIpc) is 2.16. The van der Waals surface area contributed by atoms with Crippen molar-refractivity contribution < 1.29 is 0 Å². The lowest BCUT2D eigenvalue weighted by molar-refractivity contribution is 0.622. The molecule has 13 heavy (non-hydrogen) atoms. The van der Waals surface area contributed by atoms with Crippen molar-refractivity contribution in [1.29, 1.82) is 0 Å². The third-order valence-electron chi connectivity index (χ3n) is 2.18. The SMILES string of the molecule is C=CCCCCCCC/C=C/CC. The van der Waals surface area contributed by atoms with Gasteiger partial charge in [0.15, 0.2) is 0 Å². The molecule has 0 heteroatoms. The van der Waals surface area contributed by atoms with Gasteiger partial charge in [-0.1, -0.05) is 44.4 Å². The topological polar surface area (TPSA) is 0 Å². The zero-order valence-electron chi connectivity index (χ0n) is 9.10. The van der Waals surface area contributed by atoms with Crippen molar-refractivity contribution in [3.05, 3.63) is 24.8 Å². The van der Waals surface area contributed by atoms with Crippen molar-refractivity contribution in [2.75, 3.05) is 0 Å². The van der Waals surface area contributed by atoms with E-state index in [0.717, 1.165) is 0 Å². The highest BCUT2D eigenvalue weighted by Gasteiger charge is 1.87. The summed E-state index contributed by atoms with van der Waals surface area (Å²) in [6, 6.07) is 0. The number of unbranched alkanes of at least 4 members (excludes halogenated alkanes) is 6. The monoisotopic (exact) mass is 180 g/mol. The molecule has 0 N–H and O–H groups in total. The van der Waals surface area contributed by atoms with Crippen LogP contribution in [0.4, 0.5) is 0 Å². The summed E-state index contributed by atoms with van der Waals surface area (Å²) in [4.78, 5) is 0. The maximum absolute atomic E-state index is 3.72. The van der Waals surface area contributed by atoms with Gasteiger partial charge in [0.1, 0.15) is 0 Å². The summed E-state index contributed by atoms with van der Waals surface area (Å²) in [6.45, 7) is 5.91. The van der Waals surface area contributed by atoms with Crippen molar-refractivity contribution >= 4 is 0 Å². The quantitative estimate of drug-likeness (QED) is 0.351. The number of hydrogen-bond acceptors (Lipinski definition) is 0. The van der Waals surface area contributed by atoms with Crippen LogP contribution < -0.4 is 0 Å². The Morgan fingerprint density at radius 3 is 2.08 bits per heavy atom. The molecule has 0 rings (SSSR count). The van der Waals surface area contributed by atoms with Crippen LogP contribution in [0.25, 0.3) is 0 Å². The Kier molecular flexibility index (Phi) is 11.0. The van der Waals surface area contributed by atoms with Crippen LogP contribution in [-0.4, -0.2) is 0 Å². The Bertz CT molecular complexity index is 122. The van der Waals surface area contributed by atoms with E-state index in [1.165, 1.54) is 51.4 Å². The van der Waals surface area contributed by atoms with E-state index in [9.17, 15) is 0 Å². The lowest BCUT2D eigenvalue weighted by Gasteiger charge is -1.97. The van der Waals surface area contributed by atoms with Gasteiger partial charge in [0.2, 0.25) is 0 Å². The highest BCUT2D eigenvalue weighted by Crippen LogP contribution is 2.07. The van der Waals surface area contributed by atoms with Crippen LogP contribution in [0.3, 0.4) is 0 Å². The average molecular weight is 180 g/mol. The van der Waals surface area contributed by atoms with E-state index < -0.39 is 0 Å². The molecule has 0 unspecified atom stereocenters. The van der Waals surface area contributed by atoms with Gasteiger partial charge in [-0.3, -0.25) is 0 Å². The van der Waals surface area contributed by atoms with Crippen LogP contribution >= 0.6 is 0 Å². The highest BCUT2D eigenvalue weighted by molar-refractivity contribution is 4.79. The zero-order chi connectivity index (χ0) is 9.78. The molecule has 0 heterocycles. The third kappa shape index (κ3) is 11.5. The minimum atomic E-state index is 1.18. The molecular weight excluding hydrogens is 156 g/mol. The fourth-order valence-electron chi connectivity index (χ4n) is 1.37. The van der Waals surface area contributed by atoms with Gasteiger partial charge in [-0.05, 0) is 32.1 Å². The minimum absolute atomic E-state index is 1.18. The molecule has 0 aromatic heterocycles. The van der Waals surface area contributed by atoms with Crippen molar-refractivity contribution in [1.82, 2.24) is 0 Å². The van der Waals surface area contributed by atoms with Gasteiger partial charge in [-0.15, -0.1) is 6.58 Å². The molecule has 0 aromatic rings. The summed E-state index contributed by atoms with van der Waals surface area (Å²) >= 11 is 0. The molecular formula is C13H24. The van der Waals surface area contributed by atoms with Crippen LogP contribution in [0.2, 0.25) is 0 Å². The van der Waals surface area contributed by atoms with Gasteiger partial charge in [0.25, 0.3) is 0 Å². The molecule has 0 fully saturated rings. The van der Waals surface area contributed by atoms with Crippen LogP contribution in [0.5, 0.6) is 0 Å². The van der Waals surface area contributed by atoms with Gasteiger partial charge in [0, 0.05) is 0 Å². The first-order valence-corrected chi connectivity index (χ1v) is 5.67. The molecule has 0 spiro atoms. The summed E-state index contributed by atoms with van der Waals surface area (Å²) in [5.74, 6) is 0. The van der Waals surface area contributed by atoms with E-state index in [1.54, 1.807) is 0 Å². The molecule has 0 atom stereocenters. The lowest BCUT2D eigenvalue weighted by Crippen LogP contribution is -1.77. The molecule has 0 aromatic carbocycles. The van der Waals surface area contributed by atoms with Gasteiger partial charge in [-0.25, -0.2) is 0 Å². The fraction of sp³-hybridized carbons (Fsp3) is 0.692. The molecule has 0 aliphatic carbocycles. The second-order valence-electron chi connectivity index (χ2n) is 3.51. The second kappa shape index (κ2) is 11.5. The van der Waals surface area contributed by atoms with E-state index in [1.807, 2.05) is 6.08 Å². The Morgan fingerprint density at radius 2 is 1.46 bits per heavy atom. The first-order chi connectivity index (χ1) is 6.41. The predicted octanol–water partition coefficient (Wildman–Crippen LogP) is 4.87. The number of hydrogen-bond donors (Lipinski definition) is 0. The fourth-order valence-corrected chi connectivity index (χ4v) is 1.37. The number of allylic oxidation sites excluding steroid dienone is 3. The minimum Gasteiger partial charge on any atom is -0.103 e. The van der Waals surface area contributed by atoms with Gasteiger partial charge in [0.05, 0.1) is 0 Å². The maximum Gasteiger partial charge on any atom is -0.0351 e. The second-order valence-corrected chi connectivity index (χ2v) is 3.51. The molecule has 0 bridgehead atoms. The highest BCUT2D eigenvalue weighted by atomic mass is 13.9. The van der Waals surface area contributed by atoms with Crippen molar-refractivity contribution in [3.63, 3.8) is 0 Å². The van der Waals surface area contributed by atoms with E-state index in [2.05, 4.69) is 25.7 Å². The molecule has 0 nitrogen and oxygen atoms in total. The molecule has 0 radical (unpaired) electrons. The molecule has 76 valence electrons. The van der Waals surface area contributed by atoms with Crippen molar-refractivity contribution in [2.45, 2.75) is 58.3 Å². The van der Waals surface area contributed by atoms with Gasteiger partial charge < -0.3 is 0 Å². The van der Waals surface area contributed by atoms with Crippen molar-refractivity contribution in [3.8, 4) is 0 Å². The smallest absolute Gasteiger partial charge is 0.0351 e. The Morgan fingerprint density at radius 1 is 0.846 bits per heavy atom. The first-order valence-electron chi connectivity index (χ1n) is 5.67. The van der Waals surface area contributed by atoms with Gasteiger partial charge in [-0.2, -0.15) is 0 Å².